The van der Waals surface area contributed by atoms with E-state index in [1.807, 2.05) is 0 Å². The topological polar surface area (TPSA) is 395 Å². The highest BCUT2D eigenvalue weighted by Gasteiger charge is 2.46. The summed E-state index contributed by atoms with van der Waals surface area (Å²) in [6, 6.07) is -1.95. The zero-order valence-electron chi connectivity index (χ0n) is 45.5. The van der Waals surface area contributed by atoms with E-state index in [9.17, 15) is 69.6 Å². The maximum atomic E-state index is 14.3. The number of hydrogen-bond donors (Lipinski definition) is 16. The summed E-state index contributed by atoms with van der Waals surface area (Å²) in [4.78, 5) is 84.7. The van der Waals surface area contributed by atoms with Gasteiger partial charge in [0.1, 0.15) is 48.2 Å². The van der Waals surface area contributed by atoms with Crippen LogP contribution in [0.5, 0.6) is 5.75 Å². The average molecular weight is 1090 g/mol. The Morgan fingerprint density at radius 2 is 1.43 bits per heavy atom. The van der Waals surface area contributed by atoms with E-state index in [-0.39, 0.29) is 81.8 Å². The number of aliphatic hydroxyl groups is 7. The van der Waals surface area contributed by atoms with Gasteiger partial charge in [0.25, 0.3) is 0 Å². The van der Waals surface area contributed by atoms with Gasteiger partial charge in [-0.25, -0.2) is 0 Å². The van der Waals surface area contributed by atoms with Crippen molar-refractivity contribution < 1.29 is 69.6 Å². The van der Waals surface area contributed by atoms with E-state index in [4.69, 9.17) is 11.5 Å². The number of phenolic OH excluding ortho intramolecular Hbond substituents is 1. The molecule has 0 radical (unpaired) electrons. The van der Waals surface area contributed by atoms with E-state index in [0.717, 1.165) is 54.7 Å². The molecule has 0 saturated carbocycles. The van der Waals surface area contributed by atoms with E-state index < -0.39 is 121 Å². The number of carbonyl (C=O) groups excluding carboxylic acids is 6. The number of likely N-dealkylation sites (tertiary alicyclic amines) is 2. The highest BCUT2D eigenvalue weighted by atomic mass is 16.3. The van der Waals surface area contributed by atoms with Crippen LogP contribution in [0.4, 0.5) is 0 Å². The first-order chi connectivity index (χ1) is 36.6. The molecular weight excluding hydrogens is 1000 g/mol. The van der Waals surface area contributed by atoms with Crippen LogP contribution in [0.3, 0.4) is 0 Å². The third-order valence-electron chi connectivity index (χ3n) is 14.5. The maximum Gasteiger partial charge on any atom is 0.248 e. The van der Waals surface area contributed by atoms with E-state index in [1.54, 1.807) is 0 Å². The first-order valence-electron chi connectivity index (χ1n) is 27.4. The number of nitrogens with zero attached hydrogens (tertiary/aromatic N) is 2. The summed E-state index contributed by atoms with van der Waals surface area (Å²) >= 11 is 0. The van der Waals surface area contributed by atoms with Crippen LogP contribution in [-0.4, -0.2) is 199 Å². The predicted molar refractivity (Wildman–Crippen MR) is 286 cm³/mol. The molecule has 0 aromatic heterocycles. The summed E-state index contributed by atoms with van der Waals surface area (Å²) in [5.41, 5.74) is 11.8. The molecule has 3 rings (SSSR count). The predicted octanol–water partition coefficient (Wildman–Crippen LogP) is -2.08. The van der Waals surface area contributed by atoms with Crippen LogP contribution in [0.15, 0.2) is 36.5 Å². The van der Waals surface area contributed by atoms with Gasteiger partial charge >= 0.3 is 0 Å². The number of phenols is 1. The Bertz CT molecular complexity index is 2010. The van der Waals surface area contributed by atoms with Gasteiger partial charge in [0.05, 0.1) is 37.1 Å². The second-order valence-corrected chi connectivity index (χ2v) is 20.9. The quantitative estimate of drug-likeness (QED) is 0.0253. The molecular formula is C53H92N10O14. The summed E-state index contributed by atoms with van der Waals surface area (Å²) in [6.07, 6.45) is -2.36. The molecule has 14 atom stereocenters. The van der Waals surface area contributed by atoms with Crippen molar-refractivity contribution in [1.82, 2.24) is 41.7 Å². The monoisotopic (exact) mass is 1090 g/mol. The van der Waals surface area contributed by atoms with Crippen molar-refractivity contribution in [2.24, 2.45) is 23.3 Å². The molecule has 438 valence electrons. The Kier molecular flexibility index (Phi) is 29.3. The lowest BCUT2D eigenvalue weighted by Gasteiger charge is -2.34. The largest absolute Gasteiger partial charge is 0.508 e. The Hall–Kier alpha value is -5.02. The van der Waals surface area contributed by atoms with Crippen molar-refractivity contribution in [3.05, 3.63) is 42.1 Å². The first-order valence-corrected chi connectivity index (χ1v) is 27.4. The second kappa shape index (κ2) is 34.1. The van der Waals surface area contributed by atoms with Gasteiger partial charge in [0.15, 0.2) is 0 Å². The van der Waals surface area contributed by atoms with Gasteiger partial charge in [-0.1, -0.05) is 84.4 Å². The van der Waals surface area contributed by atoms with Crippen LogP contribution in [0, 0.1) is 11.8 Å². The fraction of sp³-hybridized carbons (Fsp3) is 0.736. The van der Waals surface area contributed by atoms with Crippen LogP contribution in [-0.2, 0) is 28.8 Å². The van der Waals surface area contributed by atoms with Crippen molar-refractivity contribution in [2.45, 2.75) is 190 Å². The summed E-state index contributed by atoms with van der Waals surface area (Å²) in [5.74, 6) is -3.54. The van der Waals surface area contributed by atoms with Crippen LogP contribution < -0.4 is 43.4 Å². The summed E-state index contributed by atoms with van der Waals surface area (Å²) in [6.45, 7) is 9.19. The molecule has 2 aliphatic rings. The van der Waals surface area contributed by atoms with E-state index in [1.165, 1.54) is 37.7 Å². The van der Waals surface area contributed by atoms with Crippen molar-refractivity contribution in [3.63, 3.8) is 0 Å². The minimum atomic E-state index is -1.72. The van der Waals surface area contributed by atoms with Gasteiger partial charge in [-0.15, -0.1) is 0 Å². The summed E-state index contributed by atoms with van der Waals surface area (Å²) in [5, 5.41) is 102. The average Bonchev–Trinajstić information content (AvgIpc) is 4.00. The number of rotatable bonds is 36. The minimum Gasteiger partial charge on any atom is -0.508 e. The minimum absolute atomic E-state index is 0.00671. The number of aliphatic hydroxyl groups excluding tert-OH is 7. The number of nitrogens with one attached hydrogen (secondary N) is 6. The number of benzene rings is 1. The molecule has 6 amide bonds. The van der Waals surface area contributed by atoms with E-state index >= 15 is 0 Å². The number of likely N-dealkylation sites (N-methyl/N-ethyl adjacent to an activating group) is 1. The number of unbranched alkanes of at least 4 members (excludes halogenated alkanes) is 5. The number of aromatic hydroxyl groups is 1. The van der Waals surface area contributed by atoms with E-state index in [0.29, 0.717) is 18.3 Å². The molecule has 2 saturated heterocycles. The molecule has 0 aliphatic carbocycles. The number of nitrogens with two attached hydrogens (primary N) is 2. The third kappa shape index (κ3) is 21.3. The summed E-state index contributed by atoms with van der Waals surface area (Å²) < 4.78 is 0. The fourth-order valence-corrected chi connectivity index (χ4v) is 9.94. The van der Waals surface area contributed by atoms with Gasteiger partial charge in [0, 0.05) is 64.6 Å². The van der Waals surface area contributed by atoms with Crippen molar-refractivity contribution >= 4 is 35.4 Å². The Labute approximate surface area is 453 Å². The van der Waals surface area contributed by atoms with Gasteiger partial charge in [-0.05, 0) is 61.8 Å². The molecule has 1 aromatic rings. The molecule has 24 nitrogen and oxygen atoms in total. The number of amides is 6. The lowest BCUT2D eigenvalue weighted by atomic mass is 9.91. The lowest BCUT2D eigenvalue weighted by Crippen LogP contribution is -2.63. The molecule has 1 aromatic carbocycles. The Balaban J connectivity index is 1.80. The van der Waals surface area contributed by atoms with Gasteiger partial charge in [0.2, 0.25) is 35.4 Å². The number of β-amino-alcohol motifs (C(OH)–C–C–N with tert-alkyl or cyclic N) is 1. The smallest absolute Gasteiger partial charge is 0.248 e. The van der Waals surface area contributed by atoms with Gasteiger partial charge in [-0.2, -0.15) is 0 Å². The highest BCUT2D eigenvalue weighted by Crippen LogP contribution is 2.26. The van der Waals surface area contributed by atoms with Gasteiger partial charge < -0.3 is 88.7 Å². The molecule has 0 spiro atoms. The van der Waals surface area contributed by atoms with Crippen LogP contribution in [0.2, 0.25) is 0 Å². The van der Waals surface area contributed by atoms with Crippen LogP contribution in [0.1, 0.15) is 129 Å². The van der Waals surface area contributed by atoms with E-state index in [2.05, 4.69) is 59.3 Å². The zero-order valence-corrected chi connectivity index (χ0v) is 45.5. The molecule has 0 unspecified atom stereocenters. The summed E-state index contributed by atoms with van der Waals surface area (Å²) in [7, 11) is 1.36. The standard InChI is InChI=1S/C53H92N10O14/c1-6-31(2)25-32(3)13-11-9-7-8-10-12-14-44(71)59-37(49(73)60-38(30-64)52(76)63-29-36(66)27-39(63)50(74)56-5)28-43(70)48(57-23-22-55)61-51(75)46-41(68)20-24-62(46)53(77)45(40(67)19-21-54)58-33(4)26-42(69)47(72)34-15-17-35(65)18-16-34/h15-18,31-32,36-43,45-48,57-58,64-70,72H,4,6-14,19-30,54-55H2,1-3,5H3,(H,56,74)(H,59,71)(H,60,73)(H,61,75)/t31-,32+,36+,37-,38-,39-,40+,41-,42-,43+,45-,46-,47-,48-/m0/s1. The third-order valence-corrected chi connectivity index (χ3v) is 14.5. The normalized spacial score (nSPS) is 21.4. The maximum absolute atomic E-state index is 14.3. The molecule has 2 aliphatic heterocycles. The SMILES string of the molecule is C=C(C[C@H](O)[C@@H](O)c1ccc(O)cc1)N[C@H](C(=O)N1CC[C@H](O)[C@H]1C(=O)N[C@H](NCCN)[C@H](O)C[C@H](NC(=O)CCCCCCCC[C@@H](C)C[C@@H](C)CC)C(=O)N[C@@H](CO)C(=O)N1C[C@H](O)C[C@H]1C(=O)NC)[C@H](O)CCN. The molecule has 18 N–H and O–H groups in total. The Morgan fingerprint density at radius 1 is 0.766 bits per heavy atom. The zero-order chi connectivity index (χ0) is 57.4. The van der Waals surface area contributed by atoms with Crippen molar-refractivity contribution in [2.75, 3.05) is 46.4 Å². The molecule has 77 heavy (non-hydrogen) atoms. The second-order valence-electron chi connectivity index (χ2n) is 20.9. The fourth-order valence-electron chi connectivity index (χ4n) is 9.94. The molecule has 2 heterocycles. The first kappa shape index (κ1) is 66.3. The molecule has 0 bridgehead atoms. The number of hydrogen-bond acceptors (Lipinski definition) is 18. The van der Waals surface area contributed by atoms with Crippen LogP contribution >= 0.6 is 0 Å². The van der Waals surface area contributed by atoms with Crippen LogP contribution in [0.25, 0.3) is 0 Å². The number of carbonyl (C=O) groups is 6. The van der Waals surface area contributed by atoms with Crippen molar-refractivity contribution in [1.29, 1.82) is 0 Å². The Morgan fingerprint density at radius 3 is 2.05 bits per heavy atom. The molecule has 24 heteroatoms. The van der Waals surface area contributed by atoms with Gasteiger partial charge in [-0.3, -0.25) is 34.1 Å². The molecule has 2 fully saturated rings. The highest BCUT2D eigenvalue weighted by molar-refractivity contribution is 5.95. The van der Waals surface area contributed by atoms with Crippen molar-refractivity contribution in [3.8, 4) is 5.75 Å². The lowest BCUT2D eigenvalue weighted by molar-refractivity contribution is -0.144.